The molecule has 37 heavy (non-hydrogen) atoms. The molecule has 1 saturated carbocycles. The van der Waals surface area contributed by atoms with Gasteiger partial charge in [-0.25, -0.2) is 19.6 Å². The predicted octanol–water partition coefficient (Wildman–Crippen LogP) is 3.86. The Bertz CT molecular complexity index is 953. The molecule has 3 atom stereocenters. The lowest BCUT2D eigenvalue weighted by Gasteiger charge is -2.37. The molecule has 0 bridgehead atoms. The summed E-state index contributed by atoms with van der Waals surface area (Å²) >= 11 is 1.73. The Morgan fingerprint density at radius 3 is 2.22 bits per heavy atom. The third kappa shape index (κ3) is 10.5. The number of hydrogen-bond donors (Lipinski definition) is 2. The summed E-state index contributed by atoms with van der Waals surface area (Å²) in [5.74, 6) is -4.27. The van der Waals surface area contributed by atoms with E-state index in [1.54, 1.807) is 17.5 Å². The molecule has 2 N–H and O–H groups in total. The third-order valence-corrected chi connectivity index (χ3v) is 5.92. The molecular weight excluding hydrogens is 536 g/mol. The molecule has 2 aromatic heterocycles. The van der Waals surface area contributed by atoms with Crippen LogP contribution in [-0.4, -0.2) is 81.3 Å². The van der Waals surface area contributed by atoms with E-state index < -0.39 is 24.3 Å². The van der Waals surface area contributed by atoms with Crippen molar-refractivity contribution in [1.29, 1.82) is 0 Å². The molecule has 1 aliphatic carbocycles. The van der Waals surface area contributed by atoms with E-state index in [-0.39, 0.29) is 0 Å². The van der Waals surface area contributed by atoms with Gasteiger partial charge in [-0.15, -0.1) is 11.3 Å². The fraction of sp³-hybridized carbons (Fsp3) is 0.524. The van der Waals surface area contributed by atoms with Crippen molar-refractivity contribution in [3.05, 3.63) is 41.0 Å². The van der Waals surface area contributed by atoms with Crippen molar-refractivity contribution in [3.8, 4) is 5.88 Å². The van der Waals surface area contributed by atoms with Crippen molar-refractivity contribution in [2.75, 3.05) is 19.8 Å². The Labute approximate surface area is 210 Å². The van der Waals surface area contributed by atoms with Crippen LogP contribution in [0.1, 0.15) is 17.8 Å². The number of thiazole rings is 1. The number of morpholine rings is 1. The molecule has 0 aromatic carbocycles. The molecule has 0 amide bonds. The van der Waals surface area contributed by atoms with Crippen molar-refractivity contribution in [2.24, 2.45) is 5.92 Å². The minimum Gasteiger partial charge on any atom is -0.477 e. The summed E-state index contributed by atoms with van der Waals surface area (Å²) in [6.07, 6.45) is -3.98. The Morgan fingerprint density at radius 1 is 1.05 bits per heavy atom. The molecule has 206 valence electrons. The van der Waals surface area contributed by atoms with Crippen LogP contribution in [0.4, 0.5) is 26.3 Å². The van der Waals surface area contributed by atoms with Crippen LogP contribution in [-0.2, 0) is 20.9 Å². The monoisotopic (exact) mass is 559 g/mol. The average molecular weight is 559 g/mol. The van der Waals surface area contributed by atoms with Gasteiger partial charge in [0.2, 0.25) is 5.88 Å². The minimum absolute atomic E-state index is 0.334. The van der Waals surface area contributed by atoms with E-state index in [9.17, 15) is 26.3 Å². The van der Waals surface area contributed by atoms with Crippen LogP contribution < -0.4 is 4.74 Å². The van der Waals surface area contributed by atoms with Gasteiger partial charge in [0.1, 0.15) is 5.01 Å². The molecule has 4 rings (SSSR count). The molecule has 2 fully saturated rings. The van der Waals surface area contributed by atoms with Gasteiger partial charge in [0.25, 0.3) is 0 Å². The first-order valence-corrected chi connectivity index (χ1v) is 11.5. The van der Waals surface area contributed by atoms with Crippen molar-refractivity contribution in [1.82, 2.24) is 14.9 Å². The first kappa shape index (κ1) is 30.2. The molecular formula is C21H23F6N3O6S. The van der Waals surface area contributed by atoms with Crippen molar-refractivity contribution < 1.29 is 55.6 Å². The van der Waals surface area contributed by atoms with Crippen LogP contribution in [0.2, 0.25) is 0 Å². The predicted molar refractivity (Wildman–Crippen MR) is 116 cm³/mol. The number of pyridine rings is 1. The van der Waals surface area contributed by atoms with Crippen LogP contribution in [0.3, 0.4) is 0 Å². The van der Waals surface area contributed by atoms with Crippen LogP contribution in [0.15, 0.2) is 36.0 Å². The van der Waals surface area contributed by atoms with Gasteiger partial charge in [0.15, 0.2) is 0 Å². The highest BCUT2D eigenvalue weighted by Crippen LogP contribution is 2.35. The van der Waals surface area contributed by atoms with Gasteiger partial charge >= 0.3 is 24.3 Å². The van der Waals surface area contributed by atoms with Crippen molar-refractivity contribution in [3.63, 3.8) is 0 Å². The minimum atomic E-state index is -5.08. The summed E-state index contributed by atoms with van der Waals surface area (Å²) in [4.78, 5) is 29.0. The molecule has 0 radical (unpaired) electrons. The highest BCUT2D eigenvalue weighted by molar-refractivity contribution is 7.09. The molecule has 16 heteroatoms. The zero-order valence-electron chi connectivity index (χ0n) is 19.0. The lowest BCUT2D eigenvalue weighted by molar-refractivity contribution is -0.193. The number of hydrogen-bond acceptors (Lipinski definition) is 8. The maximum atomic E-state index is 10.6. The van der Waals surface area contributed by atoms with Crippen LogP contribution in [0.25, 0.3) is 0 Å². The number of aromatic nitrogens is 2. The fourth-order valence-electron chi connectivity index (χ4n) is 3.60. The number of aliphatic carboxylic acids is 2. The van der Waals surface area contributed by atoms with E-state index >= 15 is 0 Å². The number of carboxylic acid groups (broad SMARTS) is 2. The summed E-state index contributed by atoms with van der Waals surface area (Å²) in [6.45, 7) is 3.48. The Morgan fingerprint density at radius 2 is 1.70 bits per heavy atom. The summed E-state index contributed by atoms with van der Waals surface area (Å²) in [7, 11) is 0. The maximum Gasteiger partial charge on any atom is 0.490 e. The number of nitrogens with zero attached hydrogens (tertiary/aromatic N) is 3. The average Bonchev–Trinajstić information content (AvgIpc) is 3.48. The molecule has 9 nitrogen and oxygen atoms in total. The standard InChI is InChI=1S/C17H21N3O2S.2C2HF3O2/c1-2-4-18-16(3-1)22-12-13-9-14-15(10-13)21-7-6-20(14)11-17-19-5-8-23-17;2*3-2(4,5)1(6)7/h1-5,8,13-15H,6-7,9-12H2;2*(H,6,7). The van der Waals surface area contributed by atoms with Crippen molar-refractivity contribution in [2.45, 2.75) is 43.9 Å². The van der Waals surface area contributed by atoms with E-state index in [1.807, 2.05) is 29.8 Å². The Kier molecular flexibility index (Phi) is 11.1. The van der Waals surface area contributed by atoms with Gasteiger partial charge < -0.3 is 19.7 Å². The number of rotatable bonds is 5. The number of carbonyl (C=O) groups is 2. The van der Waals surface area contributed by atoms with Gasteiger partial charge in [0.05, 0.1) is 25.9 Å². The van der Waals surface area contributed by atoms with E-state index in [0.29, 0.717) is 23.9 Å². The smallest absolute Gasteiger partial charge is 0.477 e. The zero-order valence-corrected chi connectivity index (χ0v) is 19.8. The summed E-state index contributed by atoms with van der Waals surface area (Å²) < 4.78 is 75.3. The topological polar surface area (TPSA) is 122 Å². The molecule has 1 saturated heterocycles. The summed E-state index contributed by atoms with van der Waals surface area (Å²) in [5.41, 5.74) is 0. The van der Waals surface area contributed by atoms with Gasteiger partial charge in [-0.1, -0.05) is 6.07 Å². The van der Waals surface area contributed by atoms with Crippen LogP contribution in [0, 0.1) is 5.92 Å². The second-order valence-corrected chi connectivity index (χ2v) is 8.77. The van der Waals surface area contributed by atoms with Gasteiger partial charge in [-0.05, 0) is 24.8 Å². The number of halogens is 6. The number of alkyl halides is 6. The highest BCUT2D eigenvalue weighted by Gasteiger charge is 2.41. The lowest BCUT2D eigenvalue weighted by atomic mass is 10.1. The first-order valence-electron chi connectivity index (χ1n) is 10.7. The van der Waals surface area contributed by atoms with E-state index in [2.05, 4.69) is 14.9 Å². The number of fused-ring (bicyclic) bond motifs is 1. The molecule has 0 spiro atoms. The second kappa shape index (κ2) is 13.5. The Hall–Kier alpha value is -2.98. The zero-order chi connectivity index (χ0) is 27.6. The van der Waals surface area contributed by atoms with E-state index in [4.69, 9.17) is 29.3 Å². The summed E-state index contributed by atoms with van der Waals surface area (Å²) in [5, 5.41) is 17.5. The van der Waals surface area contributed by atoms with Gasteiger partial charge in [-0.3, -0.25) is 4.90 Å². The maximum absolute atomic E-state index is 10.6. The SMILES string of the molecule is O=C(O)C(F)(F)F.O=C(O)C(F)(F)F.c1ccc(OCC2CC3OCCN(Cc4nccs4)C3C2)nc1. The Balaban J connectivity index is 0.000000286. The normalized spacial score (nSPS) is 21.5. The molecule has 2 aromatic rings. The van der Waals surface area contributed by atoms with Crippen LogP contribution >= 0.6 is 11.3 Å². The molecule has 3 unspecified atom stereocenters. The molecule has 2 aliphatic rings. The van der Waals surface area contributed by atoms with Crippen molar-refractivity contribution >= 4 is 23.3 Å². The number of carboxylic acids is 2. The first-order chi connectivity index (χ1) is 17.3. The van der Waals surface area contributed by atoms with E-state index in [1.165, 1.54) is 5.01 Å². The number of ether oxygens (including phenoxy) is 2. The van der Waals surface area contributed by atoms with Gasteiger partial charge in [-0.2, -0.15) is 26.3 Å². The largest absolute Gasteiger partial charge is 0.490 e. The summed E-state index contributed by atoms with van der Waals surface area (Å²) in [6, 6.07) is 6.26. The quantitative estimate of drug-likeness (QED) is 0.526. The van der Waals surface area contributed by atoms with Crippen LogP contribution in [0.5, 0.6) is 5.88 Å². The van der Waals surface area contributed by atoms with Gasteiger partial charge in [0, 0.05) is 36.4 Å². The molecule has 3 heterocycles. The third-order valence-electron chi connectivity index (χ3n) is 5.16. The highest BCUT2D eigenvalue weighted by atomic mass is 32.1. The fourth-order valence-corrected chi connectivity index (χ4v) is 4.24. The lowest BCUT2D eigenvalue weighted by Crippen LogP contribution is -2.47. The molecule has 1 aliphatic heterocycles. The van der Waals surface area contributed by atoms with E-state index in [0.717, 1.165) is 39.1 Å². The second-order valence-electron chi connectivity index (χ2n) is 7.80.